The molecule has 1 aromatic heterocycles. The first-order chi connectivity index (χ1) is 14.0. The number of carbonyl (C=O) groups is 2. The van der Waals surface area contributed by atoms with Crippen LogP contribution in [0.1, 0.15) is 21.1 Å². The number of esters is 1. The zero-order valence-corrected chi connectivity index (χ0v) is 17.6. The number of aryl methyl sites for hydroxylation is 1. The lowest BCUT2D eigenvalue weighted by Gasteiger charge is -2.09. The van der Waals surface area contributed by atoms with Gasteiger partial charge in [-0.3, -0.25) is 4.79 Å². The van der Waals surface area contributed by atoms with Crippen molar-refractivity contribution in [2.75, 3.05) is 18.2 Å². The van der Waals surface area contributed by atoms with Crippen LogP contribution in [0.25, 0.3) is 0 Å². The topological polar surface area (TPSA) is 77.5 Å². The van der Waals surface area contributed by atoms with Gasteiger partial charge in [-0.2, -0.15) is 0 Å². The zero-order chi connectivity index (χ0) is 20.6. The van der Waals surface area contributed by atoms with Gasteiger partial charge in [0.2, 0.25) is 0 Å². The van der Waals surface area contributed by atoms with Crippen molar-refractivity contribution in [3.63, 3.8) is 0 Å². The van der Waals surface area contributed by atoms with E-state index in [1.807, 2.05) is 36.8 Å². The van der Waals surface area contributed by atoms with Crippen molar-refractivity contribution in [1.82, 2.24) is 4.98 Å². The minimum atomic E-state index is -0.590. The molecule has 0 aliphatic rings. The van der Waals surface area contributed by atoms with E-state index in [1.54, 1.807) is 53.4 Å². The van der Waals surface area contributed by atoms with Gasteiger partial charge in [-0.15, -0.1) is 23.1 Å². The van der Waals surface area contributed by atoms with Gasteiger partial charge in [0.25, 0.3) is 5.91 Å². The largest absolute Gasteiger partial charge is 0.487 e. The second kappa shape index (κ2) is 10.1. The quantitative estimate of drug-likeness (QED) is 0.419. The molecule has 0 saturated heterocycles. The summed E-state index contributed by atoms with van der Waals surface area (Å²) in [6.07, 6.45) is 1.96. The number of nitrogens with zero attached hydrogens (tertiary/aromatic N) is 1. The van der Waals surface area contributed by atoms with Crippen LogP contribution in [0.2, 0.25) is 0 Å². The van der Waals surface area contributed by atoms with Crippen LogP contribution in [0.4, 0.5) is 5.69 Å². The molecule has 0 bridgehead atoms. The highest BCUT2D eigenvalue weighted by Gasteiger charge is 2.12. The summed E-state index contributed by atoms with van der Waals surface area (Å²) in [5.74, 6) is -0.459. The fourth-order valence-corrected chi connectivity index (χ4v) is 3.51. The Balaban J connectivity index is 1.51. The molecule has 29 heavy (non-hydrogen) atoms. The monoisotopic (exact) mass is 428 g/mol. The number of ether oxygens (including phenoxy) is 2. The third-order valence-electron chi connectivity index (χ3n) is 3.81. The van der Waals surface area contributed by atoms with E-state index in [-0.39, 0.29) is 6.61 Å². The van der Waals surface area contributed by atoms with E-state index in [0.717, 1.165) is 15.6 Å². The van der Waals surface area contributed by atoms with Gasteiger partial charge in [-0.05, 0) is 49.6 Å². The molecule has 6 nitrogen and oxygen atoms in total. The third-order valence-corrected chi connectivity index (χ3v) is 5.36. The normalized spacial score (nSPS) is 10.4. The first-order valence-electron chi connectivity index (χ1n) is 8.78. The van der Waals surface area contributed by atoms with Crippen LogP contribution in [-0.4, -0.2) is 29.7 Å². The first-order valence-corrected chi connectivity index (χ1v) is 10.9. The Labute approximate surface area is 177 Å². The number of thiazole rings is 1. The summed E-state index contributed by atoms with van der Waals surface area (Å²) in [6, 6.07) is 14.1. The highest BCUT2D eigenvalue weighted by molar-refractivity contribution is 7.98. The van der Waals surface area contributed by atoms with E-state index in [0.29, 0.717) is 23.6 Å². The summed E-state index contributed by atoms with van der Waals surface area (Å²) in [4.78, 5) is 29.7. The molecule has 150 valence electrons. The average molecular weight is 429 g/mol. The van der Waals surface area contributed by atoms with Crippen molar-refractivity contribution in [2.24, 2.45) is 0 Å². The van der Waals surface area contributed by atoms with Gasteiger partial charge in [0, 0.05) is 16.0 Å². The number of thioether (sulfide) groups is 1. The molecular weight excluding hydrogens is 408 g/mol. The van der Waals surface area contributed by atoms with Gasteiger partial charge in [-0.1, -0.05) is 12.1 Å². The number of amides is 1. The maximum absolute atomic E-state index is 12.3. The Morgan fingerprint density at radius 2 is 2.00 bits per heavy atom. The molecule has 2 aromatic carbocycles. The Bertz CT molecular complexity index is 1000. The lowest BCUT2D eigenvalue weighted by Crippen LogP contribution is -2.20. The predicted octanol–water partition coefficient (Wildman–Crippen LogP) is 4.55. The zero-order valence-electron chi connectivity index (χ0n) is 16.0. The summed E-state index contributed by atoms with van der Waals surface area (Å²) in [5.41, 5.74) is 1.81. The number of anilines is 1. The number of benzene rings is 2. The van der Waals surface area contributed by atoms with Crippen LogP contribution in [0.15, 0.2) is 58.8 Å². The SMILES string of the molecule is CSc1cccc(NC(=O)COC(=O)c2cccc(OCc3csc(C)n3)c2)c1. The molecule has 0 saturated carbocycles. The van der Waals surface area contributed by atoms with Crippen molar-refractivity contribution in [2.45, 2.75) is 18.4 Å². The molecule has 0 unspecified atom stereocenters. The van der Waals surface area contributed by atoms with E-state index in [9.17, 15) is 9.59 Å². The van der Waals surface area contributed by atoms with Crippen LogP contribution in [0.3, 0.4) is 0 Å². The Kier molecular flexibility index (Phi) is 7.26. The van der Waals surface area contributed by atoms with Crippen LogP contribution < -0.4 is 10.1 Å². The van der Waals surface area contributed by atoms with E-state index in [2.05, 4.69) is 10.3 Å². The van der Waals surface area contributed by atoms with Gasteiger partial charge in [0.15, 0.2) is 6.61 Å². The van der Waals surface area contributed by atoms with E-state index < -0.39 is 11.9 Å². The van der Waals surface area contributed by atoms with Crippen LogP contribution in [0.5, 0.6) is 5.75 Å². The summed E-state index contributed by atoms with van der Waals surface area (Å²) < 4.78 is 10.8. The minimum Gasteiger partial charge on any atom is -0.487 e. The van der Waals surface area contributed by atoms with Crippen LogP contribution in [0, 0.1) is 6.92 Å². The minimum absolute atomic E-state index is 0.314. The summed E-state index contributed by atoms with van der Waals surface area (Å²) >= 11 is 3.13. The Morgan fingerprint density at radius 3 is 2.76 bits per heavy atom. The van der Waals surface area contributed by atoms with E-state index >= 15 is 0 Å². The standard InChI is InChI=1S/C21H20N2O4S2/c1-14-22-17(13-29-14)11-26-18-7-3-5-15(9-18)21(25)27-12-20(24)23-16-6-4-8-19(10-16)28-2/h3-10,13H,11-12H2,1-2H3,(H,23,24). The molecule has 1 N–H and O–H groups in total. The van der Waals surface area contributed by atoms with Crippen LogP contribution >= 0.6 is 23.1 Å². The Morgan fingerprint density at radius 1 is 1.17 bits per heavy atom. The van der Waals surface area contributed by atoms with Gasteiger partial charge < -0.3 is 14.8 Å². The Hall–Kier alpha value is -2.84. The lowest BCUT2D eigenvalue weighted by atomic mass is 10.2. The molecule has 0 fully saturated rings. The second-order valence-corrected chi connectivity index (χ2v) is 7.97. The summed E-state index contributed by atoms with van der Waals surface area (Å²) in [7, 11) is 0. The molecule has 8 heteroatoms. The van der Waals surface area contributed by atoms with E-state index in [1.165, 1.54) is 0 Å². The number of nitrogens with one attached hydrogen (secondary N) is 1. The first kappa shape index (κ1) is 20.9. The summed E-state index contributed by atoms with van der Waals surface area (Å²) in [5, 5.41) is 5.62. The van der Waals surface area contributed by atoms with E-state index in [4.69, 9.17) is 9.47 Å². The van der Waals surface area contributed by atoms with Gasteiger partial charge >= 0.3 is 5.97 Å². The smallest absolute Gasteiger partial charge is 0.338 e. The molecule has 1 amide bonds. The van der Waals surface area contributed by atoms with Crippen molar-refractivity contribution < 1.29 is 19.1 Å². The molecule has 0 radical (unpaired) electrons. The van der Waals surface area contributed by atoms with Crippen LogP contribution in [-0.2, 0) is 16.1 Å². The van der Waals surface area contributed by atoms with Crippen molar-refractivity contribution in [1.29, 1.82) is 0 Å². The van der Waals surface area contributed by atoms with Gasteiger partial charge in [0.1, 0.15) is 12.4 Å². The molecule has 1 heterocycles. The second-order valence-electron chi connectivity index (χ2n) is 6.03. The van der Waals surface area contributed by atoms with Gasteiger partial charge in [0.05, 0.1) is 16.3 Å². The number of aromatic nitrogens is 1. The average Bonchev–Trinajstić information content (AvgIpc) is 3.16. The third kappa shape index (κ3) is 6.33. The fraction of sp³-hybridized carbons (Fsp3) is 0.190. The van der Waals surface area contributed by atoms with Crippen molar-refractivity contribution >= 4 is 40.7 Å². The number of carbonyl (C=O) groups excluding carboxylic acids is 2. The fourth-order valence-electron chi connectivity index (χ4n) is 2.46. The maximum Gasteiger partial charge on any atom is 0.338 e. The van der Waals surface area contributed by atoms with Crippen molar-refractivity contribution in [3.05, 3.63) is 70.2 Å². The molecule has 0 aliphatic carbocycles. The molecule has 0 atom stereocenters. The number of hydrogen-bond acceptors (Lipinski definition) is 7. The number of hydrogen-bond donors (Lipinski definition) is 1. The van der Waals surface area contributed by atoms with Gasteiger partial charge in [-0.25, -0.2) is 9.78 Å². The molecule has 0 aliphatic heterocycles. The lowest BCUT2D eigenvalue weighted by molar-refractivity contribution is -0.119. The molecular formula is C21H20N2O4S2. The predicted molar refractivity (Wildman–Crippen MR) is 115 cm³/mol. The number of rotatable bonds is 8. The summed E-state index contributed by atoms with van der Waals surface area (Å²) in [6.45, 7) is 1.88. The highest BCUT2D eigenvalue weighted by Crippen LogP contribution is 2.19. The van der Waals surface area contributed by atoms with Crippen molar-refractivity contribution in [3.8, 4) is 5.75 Å². The molecule has 3 rings (SSSR count). The molecule has 0 spiro atoms. The highest BCUT2D eigenvalue weighted by atomic mass is 32.2. The molecule has 3 aromatic rings. The maximum atomic E-state index is 12.3.